The second-order valence-electron chi connectivity index (χ2n) is 4.69. The number of hydrogen-bond acceptors (Lipinski definition) is 2. The lowest BCUT2D eigenvalue weighted by molar-refractivity contribution is -0.403. The van der Waals surface area contributed by atoms with Crippen LogP contribution in [-0.4, -0.2) is 18.1 Å². The first-order valence-corrected chi connectivity index (χ1v) is 6.02. The maximum absolute atomic E-state index is 11.5. The molecule has 3 atom stereocenters. The van der Waals surface area contributed by atoms with Crippen LogP contribution < -0.4 is 5.73 Å². The van der Waals surface area contributed by atoms with E-state index < -0.39 is 0 Å². The molecule has 0 saturated carbocycles. The number of benzene rings is 1. The molecule has 0 heterocycles. The topological polar surface area (TPSA) is 53.9 Å². The molecule has 0 radical (unpaired) electrons. The molecule has 1 aromatic rings. The van der Waals surface area contributed by atoms with E-state index in [9.17, 15) is 4.79 Å². The van der Waals surface area contributed by atoms with Crippen molar-refractivity contribution in [2.45, 2.75) is 45.8 Å². The predicted octanol–water partition coefficient (Wildman–Crippen LogP) is 2.11. The van der Waals surface area contributed by atoms with E-state index >= 15 is 0 Å². The summed E-state index contributed by atoms with van der Waals surface area (Å²) in [6.07, 6.45) is -0.132. The molecule has 0 aromatic heterocycles. The first-order valence-electron chi connectivity index (χ1n) is 6.02. The molecule has 3 N–H and O–H groups in total. The van der Waals surface area contributed by atoms with Gasteiger partial charge >= 0.3 is 5.97 Å². The monoisotopic (exact) mass is 251 g/mol. The van der Waals surface area contributed by atoms with Gasteiger partial charge in [0.25, 0.3) is 0 Å². The Labute approximate surface area is 110 Å². The predicted molar refractivity (Wildman–Crippen MR) is 73.9 cm³/mol. The molecule has 0 aliphatic rings. The lowest BCUT2D eigenvalue weighted by atomic mass is 9.92. The van der Waals surface area contributed by atoms with Crippen LogP contribution in [0.4, 0.5) is 0 Å². The van der Waals surface area contributed by atoms with Crippen molar-refractivity contribution in [3.8, 4) is 0 Å². The number of ether oxygens (including phenoxy) is 1. The number of carbonyl (C=O) groups is 1. The largest absolute Gasteiger partial charge is 0.458 e. The third-order valence-corrected chi connectivity index (χ3v) is 3.09. The summed E-state index contributed by atoms with van der Waals surface area (Å²) in [6.45, 7) is 7.82. The van der Waals surface area contributed by atoms with Crippen molar-refractivity contribution in [2.75, 3.05) is 0 Å². The van der Waals surface area contributed by atoms with Crippen LogP contribution in [0.3, 0.4) is 0 Å². The summed E-state index contributed by atoms with van der Waals surface area (Å²) in [4.78, 5) is 11.5. The minimum atomic E-state index is -0.318. The molecule has 0 saturated heterocycles. The summed E-state index contributed by atoms with van der Waals surface area (Å²) < 4.78 is 5.38. The SMILES string of the molecule is Cc1ccccc1[C@H](C)[C@H](C)OC(=O)[C@H](C)[NH3+].[CH3-]. The lowest BCUT2D eigenvalue weighted by Crippen LogP contribution is -2.63. The standard InChI is InChI=1S/C14H21NO2.CH3/c1-9-7-5-6-8-13(9)10(2)12(4)17-14(16)11(3)15;/h5-8,10-12H,15H2,1-4H3;1H3/q;-1/p+1/t10-,11+,12+;/m1./s1. The first-order chi connectivity index (χ1) is 7.93. The number of hydrogen-bond donors (Lipinski definition) is 1. The number of rotatable bonds is 4. The molecule has 102 valence electrons. The van der Waals surface area contributed by atoms with E-state index in [2.05, 4.69) is 31.7 Å². The van der Waals surface area contributed by atoms with Crippen LogP contribution >= 0.6 is 0 Å². The van der Waals surface area contributed by atoms with Gasteiger partial charge in [-0.1, -0.05) is 31.2 Å². The van der Waals surface area contributed by atoms with Crippen molar-refractivity contribution in [3.63, 3.8) is 0 Å². The van der Waals surface area contributed by atoms with Gasteiger partial charge in [-0.25, -0.2) is 4.79 Å². The Kier molecular flexibility index (Phi) is 6.63. The van der Waals surface area contributed by atoms with Crippen LogP contribution in [0.5, 0.6) is 0 Å². The first kappa shape index (κ1) is 16.6. The van der Waals surface area contributed by atoms with Gasteiger partial charge in [0.15, 0.2) is 6.04 Å². The Morgan fingerprint density at radius 3 is 2.28 bits per heavy atom. The molecule has 0 spiro atoms. The van der Waals surface area contributed by atoms with Crippen LogP contribution in [-0.2, 0) is 9.53 Å². The van der Waals surface area contributed by atoms with Crippen LogP contribution in [0, 0.1) is 14.4 Å². The molecule has 0 fully saturated rings. The normalized spacial score (nSPS) is 15.2. The Hall–Kier alpha value is -1.35. The average molecular weight is 251 g/mol. The minimum absolute atomic E-state index is 0. The molecule has 1 rings (SSSR count). The van der Waals surface area contributed by atoms with E-state index in [1.165, 1.54) is 11.1 Å². The molecule has 3 heteroatoms. The number of carbonyl (C=O) groups excluding carboxylic acids is 1. The number of quaternary nitrogens is 1. The van der Waals surface area contributed by atoms with Gasteiger partial charge in [-0.15, -0.1) is 0 Å². The summed E-state index contributed by atoms with van der Waals surface area (Å²) >= 11 is 0. The van der Waals surface area contributed by atoms with Gasteiger partial charge in [0.1, 0.15) is 6.10 Å². The summed E-state index contributed by atoms with van der Waals surface area (Å²) in [6, 6.07) is 7.86. The third kappa shape index (κ3) is 4.15. The minimum Gasteiger partial charge on any atom is -0.458 e. The van der Waals surface area contributed by atoms with Crippen molar-refractivity contribution in [1.82, 2.24) is 0 Å². The highest BCUT2D eigenvalue weighted by Crippen LogP contribution is 2.24. The van der Waals surface area contributed by atoms with Crippen molar-refractivity contribution in [3.05, 3.63) is 42.8 Å². The fourth-order valence-electron chi connectivity index (χ4n) is 1.75. The van der Waals surface area contributed by atoms with Crippen LogP contribution in [0.2, 0.25) is 0 Å². The van der Waals surface area contributed by atoms with Crippen LogP contribution in [0.1, 0.15) is 37.8 Å². The van der Waals surface area contributed by atoms with E-state index in [1.807, 2.05) is 19.1 Å². The van der Waals surface area contributed by atoms with Gasteiger partial charge in [0, 0.05) is 5.92 Å². The molecule has 1 aromatic carbocycles. The highest BCUT2D eigenvalue weighted by Gasteiger charge is 2.22. The zero-order valence-corrected chi connectivity index (χ0v) is 12.1. The maximum Gasteiger partial charge on any atom is 0.364 e. The van der Waals surface area contributed by atoms with E-state index in [4.69, 9.17) is 4.74 Å². The number of aryl methyl sites for hydroxylation is 1. The molecule has 0 bridgehead atoms. The van der Waals surface area contributed by atoms with Crippen molar-refractivity contribution >= 4 is 5.97 Å². The number of esters is 1. The summed E-state index contributed by atoms with van der Waals surface area (Å²) in [5, 5.41) is 0. The fourth-order valence-corrected chi connectivity index (χ4v) is 1.75. The van der Waals surface area contributed by atoms with Gasteiger partial charge in [0.2, 0.25) is 0 Å². The average Bonchev–Trinajstić information content (AvgIpc) is 2.28. The molecular formula is C15H25NO2. The van der Waals surface area contributed by atoms with E-state index in [0.29, 0.717) is 0 Å². The molecule has 3 nitrogen and oxygen atoms in total. The highest BCUT2D eigenvalue weighted by atomic mass is 16.5. The highest BCUT2D eigenvalue weighted by molar-refractivity contribution is 5.73. The Bertz CT molecular complexity index is 388. The van der Waals surface area contributed by atoms with Crippen molar-refractivity contribution in [1.29, 1.82) is 0 Å². The van der Waals surface area contributed by atoms with Gasteiger partial charge < -0.3 is 17.9 Å². The molecular weight excluding hydrogens is 226 g/mol. The van der Waals surface area contributed by atoms with Gasteiger partial charge in [-0.3, -0.25) is 0 Å². The Balaban J connectivity index is 0.00000289. The van der Waals surface area contributed by atoms with Gasteiger partial charge in [-0.2, -0.15) is 0 Å². The molecule has 0 aliphatic carbocycles. The van der Waals surface area contributed by atoms with E-state index in [0.717, 1.165) is 0 Å². The van der Waals surface area contributed by atoms with Crippen molar-refractivity contribution in [2.24, 2.45) is 0 Å². The quantitative estimate of drug-likeness (QED) is 0.658. The van der Waals surface area contributed by atoms with E-state index in [1.54, 1.807) is 6.92 Å². The molecule has 0 unspecified atom stereocenters. The summed E-state index contributed by atoms with van der Waals surface area (Å²) in [5.41, 5.74) is 6.12. The Morgan fingerprint density at radius 2 is 1.78 bits per heavy atom. The molecule has 18 heavy (non-hydrogen) atoms. The second-order valence-corrected chi connectivity index (χ2v) is 4.69. The summed E-state index contributed by atoms with van der Waals surface area (Å²) in [7, 11) is 0. The fraction of sp³-hybridized carbons (Fsp3) is 0.467. The van der Waals surface area contributed by atoms with Gasteiger partial charge in [0.05, 0.1) is 0 Å². The maximum atomic E-state index is 11.5. The zero-order chi connectivity index (χ0) is 13.0. The Morgan fingerprint density at radius 1 is 1.22 bits per heavy atom. The second kappa shape index (κ2) is 7.17. The molecule has 0 aliphatic heterocycles. The van der Waals surface area contributed by atoms with Crippen LogP contribution in [0.15, 0.2) is 24.3 Å². The van der Waals surface area contributed by atoms with E-state index in [-0.39, 0.29) is 31.5 Å². The summed E-state index contributed by atoms with van der Waals surface area (Å²) in [5.74, 6) is -0.0446. The van der Waals surface area contributed by atoms with Crippen molar-refractivity contribution < 1.29 is 15.3 Å². The lowest BCUT2D eigenvalue weighted by Gasteiger charge is -2.22. The van der Waals surface area contributed by atoms with Crippen LogP contribution in [0.25, 0.3) is 0 Å². The third-order valence-electron chi connectivity index (χ3n) is 3.09. The smallest absolute Gasteiger partial charge is 0.364 e. The zero-order valence-electron chi connectivity index (χ0n) is 12.1. The molecule has 0 amide bonds. The van der Waals surface area contributed by atoms with Gasteiger partial charge in [-0.05, 0) is 31.9 Å².